The van der Waals surface area contributed by atoms with E-state index in [2.05, 4.69) is 0 Å². The number of hydrogen-bond acceptors (Lipinski definition) is 3. The number of rotatable bonds is 2. The van der Waals surface area contributed by atoms with Gasteiger partial charge in [-0.2, -0.15) is 0 Å². The lowest BCUT2D eigenvalue weighted by Crippen LogP contribution is -2.30. The van der Waals surface area contributed by atoms with Gasteiger partial charge < -0.3 is 4.90 Å². The van der Waals surface area contributed by atoms with Gasteiger partial charge >= 0.3 is 0 Å². The third-order valence-corrected chi connectivity index (χ3v) is 5.03. The van der Waals surface area contributed by atoms with Crippen molar-refractivity contribution in [2.75, 3.05) is 13.6 Å². The summed E-state index contributed by atoms with van der Waals surface area (Å²) in [5.74, 6) is -0.762. The van der Waals surface area contributed by atoms with Gasteiger partial charge in [0, 0.05) is 19.2 Å². The zero-order valence-corrected chi connectivity index (χ0v) is 13.9. The molecule has 2 aromatic rings. The first-order chi connectivity index (χ1) is 12.1. The van der Waals surface area contributed by atoms with E-state index in [9.17, 15) is 14.4 Å². The quantitative estimate of drug-likeness (QED) is 0.794. The monoisotopic (exact) mass is 334 g/mol. The third-order valence-electron chi connectivity index (χ3n) is 5.03. The molecule has 2 aliphatic rings. The topological polar surface area (TPSA) is 57.7 Å². The molecule has 1 fully saturated rings. The van der Waals surface area contributed by atoms with Gasteiger partial charge in [0.05, 0.1) is 17.2 Å². The number of carbonyl (C=O) groups is 3. The van der Waals surface area contributed by atoms with Gasteiger partial charge in [0.1, 0.15) is 0 Å². The number of likely N-dealkylation sites (tertiary alicyclic amines) is 1. The van der Waals surface area contributed by atoms with E-state index in [1.165, 1.54) is 7.05 Å². The number of fused-ring (bicyclic) bond motifs is 1. The molecule has 0 N–H and O–H groups in total. The molecule has 0 unspecified atom stereocenters. The predicted molar refractivity (Wildman–Crippen MR) is 92.3 cm³/mol. The molecule has 2 aromatic carbocycles. The van der Waals surface area contributed by atoms with Crippen LogP contribution >= 0.6 is 0 Å². The molecule has 0 aromatic heterocycles. The second kappa shape index (κ2) is 5.84. The van der Waals surface area contributed by atoms with Crippen LogP contribution in [0.4, 0.5) is 0 Å². The van der Waals surface area contributed by atoms with Crippen molar-refractivity contribution in [3.8, 4) is 0 Å². The summed E-state index contributed by atoms with van der Waals surface area (Å²) in [6.45, 7) is 0.697. The Labute approximate surface area is 145 Å². The Bertz CT molecular complexity index is 876. The Morgan fingerprint density at radius 3 is 2.48 bits per heavy atom. The fraction of sp³-hybridized carbons (Fsp3) is 0.250. The van der Waals surface area contributed by atoms with Crippen LogP contribution in [0, 0.1) is 0 Å². The highest BCUT2D eigenvalue weighted by Gasteiger charge is 2.35. The molecule has 2 aliphatic heterocycles. The minimum Gasteiger partial charge on any atom is -0.332 e. The summed E-state index contributed by atoms with van der Waals surface area (Å²) in [6, 6.07) is 14.8. The fourth-order valence-corrected chi connectivity index (χ4v) is 3.69. The zero-order valence-electron chi connectivity index (χ0n) is 13.9. The Hall–Kier alpha value is -2.95. The molecule has 1 atom stereocenters. The number of hydrogen-bond donors (Lipinski definition) is 0. The van der Waals surface area contributed by atoms with Gasteiger partial charge in [-0.25, -0.2) is 0 Å². The van der Waals surface area contributed by atoms with Crippen LogP contribution < -0.4 is 0 Å². The largest absolute Gasteiger partial charge is 0.332 e. The van der Waals surface area contributed by atoms with Crippen LogP contribution in [0.1, 0.15) is 55.5 Å². The Balaban J connectivity index is 1.66. The average molecular weight is 334 g/mol. The number of amides is 3. The fourth-order valence-electron chi connectivity index (χ4n) is 3.69. The summed E-state index contributed by atoms with van der Waals surface area (Å²) in [5, 5.41) is 0. The Kier molecular flexibility index (Phi) is 3.64. The lowest BCUT2D eigenvalue weighted by molar-refractivity contribution is 0.0692. The van der Waals surface area contributed by atoms with E-state index in [-0.39, 0.29) is 23.8 Å². The van der Waals surface area contributed by atoms with Crippen LogP contribution in [-0.2, 0) is 0 Å². The lowest BCUT2D eigenvalue weighted by atomic mass is 10.0. The van der Waals surface area contributed by atoms with Crippen LogP contribution in [0.3, 0.4) is 0 Å². The summed E-state index contributed by atoms with van der Waals surface area (Å²) in [7, 11) is 1.46. The van der Waals surface area contributed by atoms with E-state index >= 15 is 0 Å². The van der Waals surface area contributed by atoms with E-state index < -0.39 is 0 Å². The standard InChI is InChI=1S/C20H18N2O3/c1-21-19(24)15-10-9-14(12-16(15)20(21)25)18(23)22-11-5-8-17(22)13-6-3-2-4-7-13/h2-4,6-7,9-10,12,17H,5,8,11H2,1H3/t17-/m0/s1. The molecular weight excluding hydrogens is 316 g/mol. The van der Waals surface area contributed by atoms with Crippen molar-refractivity contribution in [1.82, 2.24) is 9.80 Å². The molecule has 0 radical (unpaired) electrons. The number of imide groups is 1. The number of carbonyl (C=O) groups excluding carboxylic acids is 3. The van der Waals surface area contributed by atoms with Crippen LogP contribution in [0.25, 0.3) is 0 Å². The maximum absolute atomic E-state index is 13.0. The summed E-state index contributed by atoms with van der Waals surface area (Å²) in [5.41, 5.74) is 2.26. The SMILES string of the molecule is CN1C(=O)c2ccc(C(=O)N3CCC[C@H]3c3ccccc3)cc2C1=O. The van der Waals surface area contributed by atoms with Crippen molar-refractivity contribution in [1.29, 1.82) is 0 Å². The second-order valence-electron chi connectivity index (χ2n) is 6.50. The normalized spacial score (nSPS) is 19.5. The van der Waals surface area contributed by atoms with Gasteiger partial charge in [0.15, 0.2) is 0 Å². The summed E-state index contributed by atoms with van der Waals surface area (Å²) >= 11 is 0. The van der Waals surface area contributed by atoms with Gasteiger partial charge in [-0.3, -0.25) is 19.3 Å². The van der Waals surface area contributed by atoms with E-state index in [0.29, 0.717) is 23.2 Å². The minimum atomic E-state index is -0.351. The highest BCUT2D eigenvalue weighted by atomic mass is 16.2. The van der Waals surface area contributed by atoms with Crippen molar-refractivity contribution in [3.05, 3.63) is 70.8 Å². The van der Waals surface area contributed by atoms with Crippen molar-refractivity contribution < 1.29 is 14.4 Å². The molecule has 4 rings (SSSR count). The molecule has 0 aliphatic carbocycles. The molecule has 1 saturated heterocycles. The molecule has 25 heavy (non-hydrogen) atoms. The Morgan fingerprint density at radius 2 is 1.72 bits per heavy atom. The molecule has 3 amide bonds. The van der Waals surface area contributed by atoms with Crippen LogP contribution in [0.5, 0.6) is 0 Å². The molecule has 0 saturated carbocycles. The van der Waals surface area contributed by atoms with Crippen molar-refractivity contribution in [3.63, 3.8) is 0 Å². The summed E-state index contributed by atoms with van der Waals surface area (Å²) in [6.07, 6.45) is 1.89. The van der Waals surface area contributed by atoms with Gasteiger partial charge in [0.2, 0.25) is 0 Å². The van der Waals surface area contributed by atoms with Crippen molar-refractivity contribution in [2.24, 2.45) is 0 Å². The number of nitrogens with zero attached hydrogens (tertiary/aromatic N) is 2. The van der Waals surface area contributed by atoms with E-state index in [0.717, 1.165) is 23.3 Å². The van der Waals surface area contributed by atoms with Gasteiger partial charge in [-0.05, 0) is 36.6 Å². The highest BCUT2D eigenvalue weighted by molar-refractivity contribution is 6.21. The van der Waals surface area contributed by atoms with Crippen LogP contribution in [0.2, 0.25) is 0 Å². The first kappa shape index (κ1) is 15.6. The first-order valence-corrected chi connectivity index (χ1v) is 8.40. The molecule has 2 heterocycles. The zero-order chi connectivity index (χ0) is 17.6. The molecule has 5 nitrogen and oxygen atoms in total. The lowest BCUT2D eigenvalue weighted by Gasteiger charge is -2.25. The van der Waals surface area contributed by atoms with Crippen molar-refractivity contribution >= 4 is 17.7 Å². The minimum absolute atomic E-state index is 0.0574. The molecule has 0 bridgehead atoms. The van der Waals surface area contributed by atoms with Gasteiger partial charge in [-0.15, -0.1) is 0 Å². The van der Waals surface area contributed by atoms with Crippen LogP contribution in [-0.4, -0.2) is 41.1 Å². The molecule has 5 heteroatoms. The highest BCUT2D eigenvalue weighted by Crippen LogP contribution is 2.33. The average Bonchev–Trinajstić information content (AvgIpc) is 3.22. The number of benzene rings is 2. The van der Waals surface area contributed by atoms with E-state index in [4.69, 9.17) is 0 Å². The molecule has 0 spiro atoms. The smallest absolute Gasteiger partial charge is 0.261 e. The van der Waals surface area contributed by atoms with E-state index in [1.54, 1.807) is 18.2 Å². The molecule has 126 valence electrons. The first-order valence-electron chi connectivity index (χ1n) is 8.40. The van der Waals surface area contributed by atoms with Gasteiger partial charge in [0.25, 0.3) is 17.7 Å². The van der Waals surface area contributed by atoms with Gasteiger partial charge in [-0.1, -0.05) is 30.3 Å². The van der Waals surface area contributed by atoms with Crippen molar-refractivity contribution in [2.45, 2.75) is 18.9 Å². The maximum Gasteiger partial charge on any atom is 0.261 e. The molecular formula is C20H18N2O3. The maximum atomic E-state index is 13.0. The van der Waals surface area contributed by atoms with E-state index in [1.807, 2.05) is 35.2 Å². The third kappa shape index (κ3) is 2.43. The van der Waals surface area contributed by atoms with Crippen LogP contribution in [0.15, 0.2) is 48.5 Å². The summed E-state index contributed by atoms with van der Waals surface area (Å²) < 4.78 is 0. The Morgan fingerprint density at radius 1 is 1.00 bits per heavy atom. The summed E-state index contributed by atoms with van der Waals surface area (Å²) in [4.78, 5) is 40.1. The second-order valence-corrected chi connectivity index (χ2v) is 6.50. The predicted octanol–water partition coefficient (Wildman–Crippen LogP) is 2.89.